The average Bonchev–Trinajstić information content (AvgIpc) is 2.90. The van der Waals surface area contributed by atoms with Gasteiger partial charge in [-0.15, -0.1) is 5.10 Å². The van der Waals surface area contributed by atoms with Crippen LogP contribution >= 0.6 is 0 Å². The van der Waals surface area contributed by atoms with Crippen LogP contribution < -0.4 is 5.32 Å². The summed E-state index contributed by atoms with van der Waals surface area (Å²) in [4.78, 5) is 0. The van der Waals surface area contributed by atoms with Crippen LogP contribution in [0.25, 0.3) is 0 Å². The van der Waals surface area contributed by atoms with Gasteiger partial charge in [0.05, 0.1) is 12.6 Å². The Morgan fingerprint density at radius 2 is 2.33 bits per heavy atom. The van der Waals surface area contributed by atoms with E-state index in [4.69, 9.17) is 0 Å². The third kappa shape index (κ3) is 2.34. The van der Waals surface area contributed by atoms with Gasteiger partial charge in [0.1, 0.15) is 0 Å². The summed E-state index contributed by atoms with van der Waals surface area (Å²) in [6.45, 7) is 6.19. The van der Waals surface area contributed by atoms with E-state index in [9.17, 15) is 0 Å². The number of nitrogens with zero attached hydrogens (tertiary/aromatic N) is 4. The average molecular weight is 209 g/mol. The summed E-state index contributed by atoms with van der Waals surface area (Å²) < 4.78 is 2.00. The Kier molecular flexibility index (Phi) is 3.30. The second-order valence-electron chi connectivity index (χ2n) is 4.19. The lowest BCUT2D eigenvalue weighted by Gasteiger charge is -2.04. The van der Waals surface area contributed by atoms with Gasteiger partial charge < -0.3 is 5.32 Å². The molecule has 0 amide bonds. The van der Waals surface area contributed by atoms with E-state index in [1.807, 2.05) is 4.68 Å². The maximum atomic E-state index is 4.07. The van der Waals surface area contributed by atoms with Crippen molar-refractivity contribution in [1.29, 1.82) is 0 Å². The van der Waals surface area contributed by atoms with Gasteiger partial charge in [0.15, 0.2) is 5.82 Å². The van der Waals surface area contributed by atoms with Crippen molar-refractivity contribution in [3.05, 3.63) is 5.82 Å². The monoisotopic (exact) mass is 209 g/mol. The fourth-order valence-electron chi connectivity index (χ4n) is 1.93. The molecule has 5 heteroatoms. The van der Waals surface area contributed by atoms with Gasteiger partial charge >= 0.3 is 0 Å². The zero-order chi connectivity index (χ0) is 10.7. The predicted molar refractivity (Wildman–Crippen MR) is 57.2 cm³/mol. The molecule has 0 bridgehead atoms. The number of hydrogen-bond donors (Lipinski definition) is 1. The first-order valence-electron chi connectivity index (χ1n) is 5.84. The highest BCUT2D eigenvalue weighted by atomic mass is 15.6. The molecule has 2 rings (SSSR count). The molecule has 2 atom stereocenters. The minimum atomic E-state index is 0.559. The van der Waals surface area contributed by atoms with Gasteiger partial charge in [0.2, 0.25) is 0 Å². The molecule has 1 fully saturated rings. The summed E-state index contributed by atoms with van der Waals surface area (Å²) >= 11 is 0. The lowest BCUT2D eigenvalue weighted by molar-refractivity contribution is 0.520. The summed E-state index contributed by atoms with van der Waals surface area (Å²) in [5.41, 5.74) is 0. The molecule has 1 aromatic rings. The lowest BCUT2D eigenvalue weighted by atomic mass is 10.3. The molecule has 15 heavy (non-hydrogen) atoms. The predicted octanol–water partition coefficient (Wildman–Crippen LogP) is 1.14. The number of rotatable bonds is 6. The van der Waals surface area contributed by atoms with E-state index >= 15 is 0 Å². The summed E-state index contributed by atoms with van der Waals surface area (Å²) in [6.07, 6.45) is 3.61. The first-order valence-corrected chi connectivity index (χ1v) is 5.84. The Morgan fingerprint density at radius 3 is 3.00 bits per heavy atom. The smallest absolute Gasteiger partial charge is 0.165 e. The SMILES string of the molecule is CCCNCc1nnnn1C1CC1CC. The maximum Gasteiger partial charge on any atom is 0.165 e. The van der Waals surface area contributed by atoms with Gasteiger partial charge in [-0.1, -0.05) is 20.3 Å². The molecule has 0 radical (unpaired) electrons. The quantitative estimate of drug-likeness (QED) is 0.714. The second kappa shape index (κ2) is 4.70. The second-order valence-corrected chi connectivity index (χ2v) is 4.19. The number of nitrogens with one attached hydrogen (secondary N) is 1. The van der Waals surface area contributed by atoms with E-state index in [0.29, 0.717) is 6.04 Å². The molecule has 0 aliphatic heterocycles. The van der Waals surface area contributed by atoms with E-state index < -0.39 is 0 Å². The Balaban J connectivity index is 1.91. The topological polar surface area (TPSA) is 55.6 Å². The molecule has 1 heterocycles. The highest BCUT2D eigenvalue weighted by Crippen LogP contribution is 2.45. The van der Waals surface area contributed by atoms with Crippen LogP contribution in [0.15, 0.2) is 0 Å². The van der Waals surface area contributed by atoms with Crippen molar-refractivity contribution in [1.82, 2.24) is 25.5 Å². The fourth-order valence-corrected chi connectivity index (χ4v) is 1.93. The Hall–Kier alpha value is -0.970. The first kappa shape index (κ1) is 10.5. The van der Waals surface area contributed by atoms with Gasteiger partial charge in [0.25, 0.3) is 0 Å². The van der Waals surface area contributed by atoms with Crippen LogP contribution in [0.3, 0.4) is 0 Å². The van der Waals surface area contributed by atoms with Crippen molar-refractivity contribution in [2.24, 2.45) is 5.92 Å². The van der Waals surface area contributed by atoms with E-state index in [-0.39, 0.29) is 0 Å². The highest BCUT2D eigenvalue weighted by molar-refractivity contribution is 4.95. The van der Waals surface area contributed by atoms with Crippen molar-refractivity contribution in [2.75, 3.05) is 6.54 Å². The Labute approximate surface area is 90.2 Å². The van der Waals surface area contributed by atoms with Crippen LogP contribution in [0.1, 0.15) is 45.0 Å². The van der Waals surface area contributed by atoms with Crippen molar-refractivity contribution in [3.63, 3.8) is 0 Å². The van der Waals surface area contributed by atoms with Gasteiger partial charge in [-0.05, 0) is 35.7 Å². The van der Waals surface area contributed by atoms with Gasteiger partial charge in [0, 0.05) is 0 Å². The largest absolute Gasteiger partial charge is 0.310 e. The van der Waals surface area contributed by atoms with E-state index in [1.54, 1.807) is 0 Å². The van der Waals surface area contributed by atoms with Crippen LogP contribution in [0.2, 0.25) is 0 Å². The summed E-state index contributed by atoms with van der Waals surface area (Å²) in [5.74, 6) is 1.77. The Bertz CT molecular complexity index is 309. The molecule has 1 saturated carbocycles. The van der Waals surface area contributed by atoms with Crippen molar-refractivity contribution in [3.8, 4) is 0 Å². The summed E-state index contributed by atoms with van der Waals surface area (Å²) in [7, 11) is 0. The molecule has 0 spiro atoms. The van der Waals surface area contributed by atoms with Crippen molar-refractivity contribution >= 4 is 0 Å². The zero-order valence-electron chi connectivity index (χ0n) is 9.48. The minimum Gasteiger partial charge on any atom is -0.310 e. The molecule has 2 unspecified atom stereocenters. The molecule has 84 valence electrons. The molecule has 5 nitrogen and oxygen atoms in total. The zero-order valence-corrected chi connectivity index (χ0v) is 9.48. The number of tetrazole rings is 1. The van der Waals surface area contributed by atoms with Crippen LogP contribution in [0, 0.1) is 5.92 Å². The van der Waals surface area contributed by atoms with Crippen LogP contribution in [0.4, 0.5) is 0 Å². The molecular weight excluding hydrogens is 190 g/mol. The molecule has 1 N–H and O–H groups in total. The van der Waals surface area contributed by atoms with E-state index in [2.05, 4.69) is 34.7 Å². The number of hydrogen-bond acceptors (Lipinski definition) is 4. The fraction of sp³-hybridized carbons (Fsp3) is 0.900. The van der Waals surface area contributed by atoms with E-state index in [1.165, 1.54) is 12.8 Å². The van der Waals surface area contributed by atoms with Crippen LogP contribution in [0.5, 0.6) is 0 Å². The third-order valence-electron chi connectivity index (χ3n) is 2.99. The third-order valence-corrected chi connectivity index (χ3v) is 2.99. The van der Waals surface area contributed by atoms with Gasteiger partial charge in [-0.3, -0.25) is 0 Å². The normalized spacial score (nSPS) is 24.4. The standard InChI is InChI=1S/C10H19N5/c1-3-5-11-7-10-12-13-14-15(10)9-6-8(9)4-2/h8-9,11H,3-7H2,1-2H3. The lowest BCUT2D eigenvalue weighted by Crippen LogP contribution is -2.18. The Morgan fingerprint density at radius 1 is 1.47 bits per heavy atom. The van der Waals surface area contributed by atoms with Crippen molar-refractivity contribution in [2.45, 2.75) is 45.7 Å². The molecular formula is C10H19N5. The highest BCUT2D eigenvalue weighted by Gasteiger charge is 2.39. The molecule has 1 aromatic heterocycles. The minimum absolute atomic E-state index is 0.559. The summed E-state index contributed by atoms with van der Waals surface area (Å²) in [6, 6.07) is 0.559. The molecule has 1 aliphatic rings. The maximum absolute atomic E-state index is 4.07. The van der Waals surface area contributed by atoms with Gasteiger partial charge in [-0.2, -0.15) is 0 Å². The molecule has 0 saturated heterocycles. The van der Waals surface area contributed by atoms with Crippen LogP contribution in [-0.4, -0.2) is 26.8 Å². The van der Waals surface area contributed by atoms with E-state index in [0.717, 1.165) is 31.3 Å². The summed E-state index contributed by atoms with van der Waals surface area (Å²) in [5, 5.41) is 15.2. The first-order chi connectivity index (χ1) is 7.36. The van der Waals surface area contributed by atoms with Crippen molar-refractivity contribution < 1.29 is 0 Å². The van der Waals surface area contributed by atoms with Crippen LogP contribution in [-0.2, 0) is 6.54 Å². The van der Waals surface area contributed by atoms with Gasteiger partial charge in [-0.25, -0.2) is 4.68 Å². The molecule has 1 aliphatic carbocycles. The number of aromatic nitrogens is 4. The molecule has 0 aromatic carbocycles.